The van der Waals surface area contributed by atoms with Crippen molar-refractivity contribution >= 4 is 6.41 Å². The number of piperidine rings is 1. The molecule has 1 aliphatic rings. The Kier molecular flexibility index (Phi) is 4.08. The molecule has 3 heteroatoms. The highest BCUT2D eigenvalue weighted by Gasteiger charge is 2.17. The van der Waals surface area contributed by atoms with Crippen molar-refractivity contribution < 1.29 is 4.79 Å². The SMILES string of the molecule is CCN1CCC(CN[C]=O)CC1. The van der Waals surface area contributed by atoms with Crippen molar-refractivity contribution in [1.82, 2.24) is 10.2 Å². The molecule has 1 radical (unpaired) electrons. The lowest BCUT2D eigenvalue weighted by Gasteiger charge is -2.30. The summed E-state index contributed by atoms with van der Waals surface area (Å²) >= 11 is 0. The molecule has 1 fully saturated rings. The van der Waals surface area contributed by atoms with E-state index in [-0.39, 0.29) is 0 Å². The van der Waals surface area contributed by atoms with Crippen molar-refractivity contribution in [3.8, 4) is 0 Å². The van der Waals surface area contributed by atoms with Gasteiger partial charge < -0.3 is 10.2 Å². The Balaban J connectivity index is 2.12. The van der Waals surface area contributed by atoms with Crippen LogP contribution in [-0.4, -0.2) is 37.5 Å². The summed E-state index contributed by atoms with van der Waals surface area (Å²) < 4.78 is 0. The van der Waals surface area contributed by atoms with Crippen LogP contribution in [-0.2, 0) is 4.79 Å². The normalized spacial score (nSPS) is 20.8. The first-order valence-corrected chi connectivity index (χ1v) is 4.69. The molecular formula is C9H17N2O. The second-order valence-corrected chi connectivity index (χ2v) is 3.36. The molecule has 1 N–H and O–H groups in total. The zero-order valence-electron chi connectivity index (χ0n) is 7.68. The Morgan fingerprint density at radius 1 is 1.50 bits per heavy atom. The zero-order valence-corrected chi connectivity index (χ0v) is 7.68. The fourth-order valence-electron chi connectivity index (χ4n) is 1.69. The third kappa shape index (κ3) is 2.81. The van der Waals surface area contributed by atoms with Gasteiger partial charge in [-0.3, -0.25) is 4.79 Å². The number of amides is 1. The van der Waals surface area contributed by atoms with E-state index < -0.39 is 0 Å². The summed E-state index contributed by atoms with van der Waals surface area (Å²) in [5, 5.41) is 2.63. The van der Waals surface area contributed by atoms with E-state index >= 15 is 0 Å². The number of hydrogen-bond acceptors (Lipinski definition) is 2. The molecule has 0 atom stereocenters. The van der Waals surface area contributed by atoms with Gasteiger partial charge >= 0.3 is 6.41 Å². The molecule has 1 rings (SSSR count). The molecule has 0 bridgehead atoms. The number of rotatable bonds is 4. The van der Waals surface area contributed by atoms with Gasteiger partial charge in [-0.25, -0.2) is 0 Å². The van der Waals surface area contributed by atoms with Crippen LogP contribution in [0.25, 0.3) is 0 Å². The summed E-state index contributed by atoms with van der Waals surface area (Å²) in [6.07, 6.45) is 4.15. The quantitative estimate of drug-likeness (QED) is 0.617. The molecule has 0 aromatic rings. The standard InChI is InChI=1S/C9H17N2O/c1-2-11-5-3-9(4-6-11)7-10-8-12/h9H,2-7H2,1H3,(H,10,12). The van der Waals surface area contributed by atoms with Gasteiger partial charge in [0.25, 0.3) is 0 Å². The van der Waals surface area contributed by atoms with E-state index in [1.165, 1.54) is 25.9 Å². The smallest absolute Gasteiger partial charge is 0.309 e. The maximum absolute atomic E-state index is 9.92. The van der Waals surface area contributed by atoms with E-state index in [1.807, 2.05) is 0 Å². The van der Waals surface area contributed by atoms with Gasteiger partial charge in [-0.2, -0.15) is 0 Å². The van der Waals surface area contributed by atoms with Gasteiger partial charge in [-0.1, -0.05) is 6.92 Å². The molecule has 0 saturated carbocycles. The molecule has 0 aliphatic carbocycles. The van der Waals surface area contributed by atoms with Gasteiger partial charge in [0.1, 0.15) is 0 Å². The Hall–Kier alpha value is -0.570. The van der Waals surface area contributed by atoms with Crippen LogP contribution < -0.4 is 5.32 Å². The molecule has 1 aliphatic heterocycles. The van der Waals surface area contributed by atoms with Crippen molar-refractivity contribution in [2.45, 2.75) is 19.8 Å². The molecule has 0 unspecified atom stereocenters. The van der Waals surface area contributed by atoms with E-state index in [0.29, 0.717) is 5.92 Å². The molecular weight excluding hydrogens is 152 g/mol. The first kappa shape index (κ1) is 9.52. The zero-order chi connectivity index (χ0) is 8.81. The molecule has 1 saturated heterocycles. The minimum Gasteiger partial charge on any atom is -0.348 e. The molecule has 12 heavy (non-hydrogen) atoms. The highest BCUT2D eigenvalue weighted by molar-refractivity contribution is 5.46. The number of hydrogen-bond donors (Lipinski definition) is 1. The Labute approximate surface area is 74.1 Å². The average molecular weight is 169 g/mol. The van der Waals surface area contributed by atoms with Gasteiger partial charge in [0, 0.05) is 6.54 Å². The van der Waals surface area contributed by atoms with E-state index in [4.69, 9.17) is 0 Å². The third-order valence-corrected chi connectivity index (χ3v) is 2.62. The second kappa shape index (κ2) is 5.14. The molecule has 69 valence electrons. The van der Waals surface area contributed by atoms with Gasteiger partial charge in [-0.15, -0.1) is 0 Å². The Bertz CT molecular complexity index is 130. The molecule has 0 spiro atoms. The van der Waals surface area contributed by atoms with E-state index in [9.17, 15) is 4.79 Å². The Morgan fingerprint density at radius 2 is 2.17 bits per heavy atom. The van der Waals surface area contributed by atoms with Gasteiger partial charge in [-0.05, 0) is 38.4 Å². The van der Waals surface area contributed by atoms with Crippen LogP contribution in [0.3, 0.4) is 0 Å². The summed E-state index contributed by atoms with van der Waals surface area (Å²) in [4.78, 5) is 12.4. The maximum Gasteiger partial charge on any atom is 0.309 e. The number of likely N-dealkylation sites (tertiary alicyclic amines) is 1. The van der Waals surface area contributed by atoms with Crippen LogP contribution in [0.2, 0.25) is 0 Å². The van der Waals surface area contributed by atoms with Crippen LogP contribution in [0.15, 0.2) is 0 Å². The fraction of sp³-hybridized carbons (Fsp3) is 0.889. The van der Waals surface area contributed by atoms with Crippen molar-refractivity contribution in [1.29, 1.82) is 0 Å². The molecule has 1 amide bonds. The van der Waals surface area contributed by atoms with Crippen molar-refractivity contribution in [2.24, 2.45) is 5.92 Å². The lowest BCUT2D eigenvalue weighted by atomic mass is 9.97. The molecule has 3 nitrogen and oxygen atoms in total. The predicted molar refractivity (Wildman–Crippen MR) is 48.5 cm³/mol. The third-order valence-electron chi connectivity index (χ3n) is 2.62. The van der Waals surface area contributed by atoms with E-state index in [1.54, 1.807) is 6.41 Å². The second-order valence-electron chi connectivity index (χ2n) is 3.36. The average Bonchev–Trinajstić information content (AvgIpc) is 2.15. The van der Waals surface area contributed by atoms with Crippen LogP contribution in [0.4, 0.5) is 0 Å². The minimum absolute atomic E-state index is 0.675. The summed E-state index contributed by atoms with van der Waals surface area (Å²) in [6.45, 7) is 6.52. The van der Waals surface area contributed by atoms with E-state index in [0.717, 1.165) is 13.1 Å². The van der Waals surface area contributed by atoms with Crippen LogP contribution in [0, 0.1) is 5.92 Å². The summed E-state index contributed by atoms with van der Waals surface area (Å²) in [7, 11) is 0. The monoisotopic (exact) mass is 169 g/mol. The molecule has 1 heterocycles. The number of carbonyl (C=O) groups excluding carboxylic acids is 1. The topological polar surface area (TPSA) is 32.3 Å². The summed E-state index contributed by atoms with van der Waals surface area (Å²) in [5.41, 5.74) is 0. The van der Waals surface area contributed by atoms with Crippen LogP contribution in [0.5, 0.6) is 0 Å². The summed E-state index contributed by atoms with van der Waals surface area (Å²) in [5.74, 6) is 0.675. The minimum atomic E-state index is 0.675. The lowest BCUT2D eigenvalue weighted by Crippen LogP contribution is -2.36. The molecule has 0 aromatic heterocycles. The molecule has 0 aromatic carbocycles. The van der Waals surface area contributed by atoms with Crippen LogP contribution in [0.1, 0.15) is 19.8 Å². The van der Waals surface area contributed by atoms with Gasteiger partial charge in [0.2, 0.25) is 0 Å². The predicted octanol–water partition coefficient (Wildman–Crippen LogP) is 0.375. The highest BCUT2D eigenvalue weighted by Crippen LogP contribution is 2.15. The fourth-order valence-corrected chi connectivity index (χ4v) is 1.69. The largest absolute Gasteiger partial charge is 0.348 e. The highest BCUT2D eigenvalue weighted by atomic mass is 16.1. The first-order chi connectivity index (χ1) is 5.86. The van der Waals surface area contributed by atoms with Crippen molar-refractivity contribution in [3.05, 3.63) is 0 Å². The van der Waals surface area contributed by atoms with Gasteiger partial charge in [0.15, 0.2) is 0 Å². The van der Waals surface area contributed by atoms with Crippen LogP contribution >= 0.6 is 0 Å². The van der Waals surface area contributed by atoms with Crippen molar-refractivity contribution in [2.75, 3.05) is 26.2 Å². The van der Waals surface area contributed by atoms with Crippen molar-refractivity contribution in [3.63, 3.8) is 0 Å². The summed E-state index contributed by atoms with van der Waals surface area (Å²) in [6, 6.07) is 0. The first-order valence-electron chi connectivity index (χ1n) is 4.69. The number of nitrogens with one attached hydrogen (secondary N) is 1. The van der Waals surface area contributed by atoms with Gasteiger partial charge in [0.05, 0.1) is 0 Å². The lowest BCUT2D eigenvalue weighted by molar-refractivity contribution is 0.193. The Morgan fingerprint density at radius 3 is 2.67 bits per heavy atom. The number of nitrogens with zero attached hydrogens (tertiary/aromatic N) is 1. The van der Waals surface area contributed by atoms with E-state index in [2.05, 4.69) is 17.1 Å². The maximum atomic E-state index is 9.92.